The second kappa shape index (κ2) is 10.1. The molecule has 31 heavy (non-hydrogen) atoms. The molecule has 0 bridgehead atoms. The van der Waals surface area contributed by atoms with Crippen LogP contribution in [0, 0.1) is 0 Å². The summed E-state index contributed by atoms with van der Waals surface area (Å²) in [6.45, 7) is 7.47. The first-order chi connectivity index (χ1) is 14.7. The van der Waals surface area contributed by atoms with Gasteiger partial charge in [-0.3, -0.25) is 14.4 Å². The van der Waals surface area contributed by atoms with E-state index in [4.69, 9.17) is 28.4 Å². The van der Waals surface area contributed by atoms with Crippen LogP contribution in [0.2, 0.25) is 0 Å². The average Bonchev–Trinajstić information content (AvgIpc) is 3.05. The van der Waals surface area contributed by atoms with Gasteiger partial charge in [-0.15, -0.1) is 6.58 Å². The number of rotatable bonds is 7. The molecule has 0 radical (unpaired) electrons. The summed E-state index contributed by atoms with van der Waals surface area (Å²) in [5, 5.41) is 0. The second-order valence-electron chi connectivity index (χ2n) is 8.32. The Morgan fingerprint density at radius 1 is 1.03 bits per heavy atom. The summed E-state index contributed by atoms with van der Waals surface area (Å²) in [7, 11) is 0. The van der Waals surface area contributed by atoms with E-state index in [1.165, 1.54) is 20.8 Å². The van der Waals surface area contributed by atoms with Gasteiger partial charge in [0.05, 0.1) is 0 Å². The highest BCUT2D eigenvalue weighted by atomic mass is 16.8. The van der Waals surface area contributed by atoms with Gasteiger partial charge in [-0.1, -0.05) is 12.5 Å². The third-order valence-corrected chi connectivity index (χ3v) is 5.82. The van der Waals surface area contributed by atoms with Gasteiger partial charge in [-0.05, 0) is 19.3 Å². The average molecular weight is 440 g/mol. The molecule has 0 aromatic heterocycles. The predicted octanol–water partition coefficient (Wildman–Crippen LogP) is 2.20. The predicted molar refractivity (Wildman–Crippen MR) is 107 cm³/mol. The number of esters is 3. The van der Waals surface area contributed by atoms with Gasteiger partial charge in [0, 0.05) is 33.6 Å². The largest absolute Gasteiger partial charge is 0.462 e. The van der Waals surface area contributed by atoms with E-state index >= 15 is 0 Å². The summed E-state index contributed by atoms with van der Waals surface area (Å²) in [6, 6.07) is 0. The van der Waals surface area contributed by atoms with E-state index in [-0.39, 0.29) is 6.61 Å². The van der Waals surface area contributed by atoms with Crippen molar-refractivity contribution >= 4 is 17.9 Å². The van der Waals surface area contributed by atoms with E-state index in [1.807, 2.05) is 0 Å². The lowest BCUT2D eigenvalue weighted by molar-refractivity contribution is -0.232. The zero-order chi connectivity index (χ0) is 22.6. The monoisotopic (exact) mass is 440 g/mol. The fourth-order valence-corrected chi connectivity index (χ4v) is 4.66. The number of carbonyl (C=O) groups is 3. The van der Waals surface area contributed by atoms with Crippen molar-refractivity contribution in [1.82, 2.24) is 0 Å². The Morgan fingerprint density at radius 2 is 1.71 bits per heavy atom. The van der Waals surface area contributed by atoms with Crippen LogP contribution in [0.4, 0.5) is 0 Å². The van der Waals surface area contributed by atoms with Crippen molar-refractivity contribution in [2.75, 3.05) is 6.61 Å². The van der Waals surface area contributed by atoms with Crippen molar-refractivity contribution in [1.29, 1.82) is 0 Å². The zero-order valence-corrected chi connectivity index (χ0v) is 18.4. The van der Waals surface area contributed by atoms with Gasteiger partial charge in [0.2, 0.25) is 0 Å². The molecule has 6 atom stereocenters. The van der Waals surface area contributed by atoms with Gasteiger partial charge in [-0.2, -0.15) is 0 Å². The summed E-state index contributed by atoms with van der Waals surface area (Å²) in [4.78, 5) is 35.0. The van der Waals surface area contributed by atoms with Crippen molar-refractivity contribution < 1.29 is 42.8 Å². The van der Waals surface area contributed by atoms with Crippen LogP contribution in [0.3, 0.4) is 0 Å². The first kappa shape index (κ1) is 23.7. The van der Waals surface area contributed by atoms with E-state index in [1.54, 1.807) is 6.08 Å². The first-order valence-corrected chi connectivity index (χ1v) is 10.8. The Kier molecular flexibility index (Phi) is 7.72. The lowest BCUT2D eigenvalue weighted by Gasteiger charge is -2.43. The summed E-state index contributed by atoms with van der Waals surface area (Å²) >= 11 is 0. The molecule has 3 fully saturated rings. The van der Waals surface area contributed by atoms with Crippen molar-refractivity contribution in [3.05, 3.63) is 12.7 Å². The molecule has 9 nitrogen and oxygen atoms in total. The Bertz CT molecular complexity index is 684. The molecule has 0 N–H and O–H groups in total. The van der Waals surface area contributed by atoms with Crippen LogP contribution >= 0.6 is 0 Å². The maximum Gasteiger partial charge on any atom is 0.303 e. The first-order valence-electron chi connectivity index (χ1n) is 10.8. The second-order valence-corrected chi connectivity index (χ2v) is 8.32. The van der Waals surface area contributed by atoms with Crippen LogP contribution in [0.15, 0.2) is 12.7 Å². The van der Waals surface area contributed by atoms with Crippen LogP contribution in [0.25, 0.3) is 0 Å². The third-order valence-electron chi connectivity index (χ3n) is 5.82. The lowest BCUT2D eigenvalue weighted by Crippen LogP contribution is -2.61. The van der Waals surface area contributed by atoms with Crippen LogP contribution < -0.4 is 0 Å². The maximum atomic E-state index is 11.8. The van der Waals surface area contributed by atoms with Gasteiger partial charge in [0.25, 0.3) is 0 Å². The van der Waals surface area contributed by atoms with Gasteiger partial charge >= 0.3 is 17.9 Å². The Labute approximate surface area is 182 Å². The molecular weight excluding hydrogens is 408 g/mol. The fourth-order valence-electron chi connectivity index (χ4n) is 4.66. The molecule has 0 aromatic rings. The summed E-state index contributed by atoms with van der Waals surface area (Å²) in [6.07, 6.45) is 2.26. The number of ether oxygens (including phenoxy) is 6. The maximum absolute atomic E-state index is 11.8. The number of carbonyl (C=O) groups excluding carboxylic acids is 3. The van der Waals surface area contributed by atoms with Crippen molar-refractivity contribution in [3.63, 3.8) is 0 Å². The molecule has 2 heterocycles. The molecule has 174 valence electrons. The fraction of sp³-hybridized carbons (Fsp3) is 0.773. The third kappa shape index (κ3) is 5.64. The molecule has 9 heteroatoms. The Balaban J connectivity index is 1.93. The lowest BCUT2D eigenvalue weighted by atomic mass is 9.90. The molecule has 1 saturated carbocycles. The zero-order valence-electron chi connectivity index (χ0n) is 18.4. The number of hydrogen-bond donors (Lipinski definition) is 0. The molecule has 3 rings (SSSR count). The number of hydrogen-bond acceptors (Lipinski definition) is 9. The molecule has 1 aliphatic carbocycles. The molecule has 2 saturated heterocycles. The SMILES string of the molecule is C=CC[C@@H]1O[C@@H]([C@@H](COC(C)=O)OC(C)=O)C2OC3(CCCCC3)OC2C1OC(C)=O. The Hall–Kier alpha value is -1.97. The molecule has 3 aliphatic rings. The minimum Gasteiger partial charge on any atom is -0.462 e. The van der Waals surface area contributed by atoms with Crippen molar-refractivity contribution in [2.45, 2.75) is 102 Å². The van der Waals surface area contributed by atoms with Crippen LogP contribution in [0.5, 0.6) is 0 Å². The quantitative estimate of drug-likeness (QED) is 0.334. The summed E-state index contributed by atoms with van der Waals surface area (Å²) in [5.41, 5.74) is 0. The molecule has 3 unspecified atom stereocenters. The minimum atomic E-state index is -0.901. The Morgan fingerprint density at radius 3 is 2.29 bits per heavy atom. The summed E-state index contributed by atoms with van der Waals surface area (Å²) in [5.74, 6) is -2.29. The normalized spacial score (nSPS) is 32.5. The van der Waals surface area contributed by atoms with E-state index in [9.17, 15) is 14.4 Å². The van der Waals surface area contributed by atoms with Crippen LogP contribution in [-0.2, 0) is 42.8 Å². The molecule has 2 aliphatic heterocycles. The van der Waals surface area contributed by atoms with Crippen molar-refractivity contribution in [2.24, 2.45) is 0 Å². The highest BCUT2D eigenvalue weighted by Crippen LogP contribution is 2.46. The topological polar surface area (TPSA) is 107 Å². The van der Waals surface area contributed by atoms with E-state index < -0.39 is 60.3 Å². The smallest absolute Gasteiger partial charge is 0.303 e. The van der Waals surface area contributed by atoms with E-state index in [0.29, 0.717) is 19.3 Å². The van der Waals surface area contributed by atoms with Gasteiger partial charge in [0.15, 0.2) is 18.0 Å². The highest BCUT2D eigenvalue weighted by Gasteiger charge is 2.60. The molecular formula is C22H32O9. The van der Waals surface area contributed by atoms with Crippen LogP contribution in [-0.4, -0.2) is 66.9 Å². The van der Waals surface area contributed by atoms with E-state index in [0.717, 1.165) is 19.3 Å². The van der Waals surface area contributed by atoms with Gasteiger partial charge in [0.1, 0.15) is 31.0 Å². The van der Waals surface area contributed by atoms with Gasteiger partial charge in [-0.25, -0.2) is 0 Å². The standard InChI is InChI=1S/C22H32O9/c1-5-9-16-18(28-15(4)25)20-21(31-22(30-20)10-7-6-8-11-22)19(29-16)17(27-14(3)24)12-26-13(2)23/h5,16-21H,1,6-12H2,2-4H3/t16-,17+,18?,19-,20?,21?/m0/s1. The summed E-state index contributed by atoms with van der Waals surface area (Å²) < 4.78 is 35.3. The van der Waals surface area contributed by atoms with Crippen molar-refractivity contribution in [3.8, 4) is 0 Å². The number of fused-ring (bicyclic) bond motifs is 1. The molecule has 0 amide bonds. The van der Waals surface area contributed by atoms with Gasteiger partial charge < -0.3 is 28.4 Å². The highest BCUT2D eigenvalue weighted by molar-refractivity contribution is 5.67. The van der Waals surface area contributed by atoms with Crippen LogP contribution in [0.1, 0.15) is 59.3 Å². The molecule has 0 aromatic carbocycles. The minimum absolute atomic E-state index is 0.182. The van der Waals surface area contributed by atoms with E-state index in [2.05, 4.69) is 6.58 Å². The molecule has 1 spiro atoms.